The first-order chi connectivity index (χ1) is 10.3. The van der Waals surface area contributed by atoms with Gasteiger partial charge >= 0.3 is 0 Å². The highest BCUT2D eigenvalue weighted by atomic mass is 35.5. The third-order valence-electron chi connectivity index (χ3n) is 3.96. The summed E-state index contributed by atoms with van der Waals surface area (Å²) in [6.45, 7) is 2.87. The van der Waals surface area contributed by atoms with Gasteiger partial charge in [-0.3, -0.25) is 4.99 Å². The van der Waals surface area contributed by atoms with Crippen LogP contribution in [-0.2, 0) is 13.0 Å². The zero-order chi connectivity index (χ0) is 14.8. The summed E-state index contributed by atoms with van der Waals surface area (Å²) in [5.74, 6) is 0. The highest BCUT2D eigenvalue weighted by Crippen LogP contribution is 2.30. The van der Waals surface area contributed by atoms with Gasteiger partial charge in [-0.2, -0.15) is 5.26 Å². The van der Waals surface area contributed by atoms with E-state index >= 15 is 0 Å². The molecule has 1 aromatic carbocycles. The Hall–Kier alpha value is -2.05. The number of para-hydroxylation sites is 1. The quantitative estimate of drug-likeness (QED) is 0.365. The van der Waals surface area contributed by atoms with E-state index in [1.54, 1.807) is 6.08 Å². The molecule has 2 heterocycles. The SMILES string of the molecule is C/C=C(/C#N)C(=NCCl)c1cn2c3c(cccc13)CCC2. The molecule has 1 aromatic heterocycles. The molecule has 4 heteroatoms. The van der Waals surface area contributed by atoms with Crippen molar-refractivity contribution in [2.24, 2.45) is 4.99 Å². The molecule has 3 rings (SSSR count). The summed E-state index contributed by atoms with van der Waals surface area (Å²) < 4.78 is 2.28. The number of allylic oxidation sites excluding steroid dienone is 2. The first-order valence-electron chi connectivity index (χ1n) is 7.08. The van der Waals surface area contributed by atoms with Crippen LogP contribution in [0.4, 0.5) is 0 Å². The second kappa shape index (κ2) is 5.75. The van der Waals surface area contributed by atoms with Crippen LogP contribution in [0.5, 0.6) is 0 Å². The Morgan fingerprint density at radius 1 is 1.52 bits per heavy atom. The molecule has 0 spiro atoms. The van der Waals surface area contributed by atoms with Crippen molar-refractivity contribution < 1.29 is 0 Å². The van der Waals surface area contributed by atoms with Gasteiger partial charge in [0.2, 0.25) is 0 Å². The van der Waals surface area contributed by atoms with Gasteiger partial charge in [0.1, 0.15) is 12.1 Å². The van der Waals surface area contributed by atoms with Crippen molar-refractivity contribution in [1.82, 2.24) is 4.57 Å². The predicted octanol–water partition coefficient (Wildman–Crippen LogP) is 4.04. The lowest BCUT2D eigenvalue weighted by atomic mass is 9.99. The van der Waals surface area contributed by atoms with Crippen LogP contribution in [0.15, 0.2) is 41.0 Å². The number of hydrogen-bond donors (Lipinski definition) is 0. The van der Waals surface area contributed by atoms with Crippen molar-refractivity contribution in [3.05, 3.63) is 47.2 Å². The minimum Gasteiger partial charge on any atom is -0.347 e. The van der Waals surface area contributed by atoms with Crippen molar-refractivity contribution >= 4 is 28.2 Å². The number of nitrogens with zero attached hydrogens (tertiary/aromatic N) is 3. The van der Waals surface area contributed by atoms with E-state index in [1.807, 2.05) is 6.92 Å². The number of alkyl halides is 1. The predicted molar refractivity (Wildman–Crippen MR) is 86.9 cm³/mol. The standard InChI is InChI=1S/C17H16ClN3/c1-2-12(9-19)16(20-11-18)15-10-21-8-4-6-13-5-3-7-14(15)17(13)21/h2-3,5,7,10H,4,6,8,11H2,1H3/b12-2-,20-16?. The van der Waals surface area contributed by atoms with Crippen molar-refractivity contribution in [3.8, 4) is 6.07 Å². The lowest BCUT2D eigenvalue weighted by Crippen LogP contribution is -2.06. The van der Waals surface area contributed by atoms with E-state index < -0.39 is 0 Å². The Labute approximate surface area is 129 Å². The molecule has 3 nitrogen and oxygen atoms in total. The average Bonchev–Trinajstić information content (AvgIpc) is 2.89. The van der Waals surface area contributed by atoms with Crippen LogP contribution in [-0.4, -0.2) is 16.3 Å². The number of nitriles is 1. The van der Waals surface area contributed by atoms with Gasteiger partial charge in [-0.05, 0) is 25.3 Å². The number of halogens is 1. The molecule has 21 heavy (non-hydrogen) atoms. The van der Waals surface area contributed by atoms with Crippen LogP contribution in [0.2, 0.25) is 0 Å². The van der Waals surface area contributed by atoms with E-state index in [0.29, 0.717) is 11.3 Å². The van der Waals surface area contributed by atoms with Gasteiger partial charge in [0.05, 0.1) is 16.8 Å². The van der Waals surface area contributed by atoms with E-state index in [4.69, 9.17) is 11.6 Å². The van der Waals surface area contributed by atoms with Gasteiger partial charge in [0.15, 0.2) is 0 Å². The van der Waals surface area contributed by atoms with Gasteiger partial charge in [0.25, 0.3) is 0 Å². The minimum atomic E-state index is 0.153. The van der Waals surface area contributed by atoms with E-state index in [-0.39, 0.29) is 6.00 Å². The smallest absolute Gasteiger partial charge is 0.114 e. The second-order valence-corrected chi connectivity index (χ2v) is 5.33. The maximum atomic E-state index is 9.34. The summed E-state index contributed by atoms with van der Waals surface area (Å²) in [4.78, 5) is 4.36. The van der Waals surface area contributed by atoms with Crippen LogP contribution in [0.3, 0.4) is 0 Å². The fraction of sp³-hybridized carbons (Fsp3) is 0.294. The molecular weight excluding hydrogens is 282 g/mol. The van der Waals surface area contributed by atoms with Crippen molar-refractivity contribution in [1.29, 1.82) is 5.26 Å². The Morgan fingerprint density at radius 3 is 3.10 bits per heavy atom. The van der Waals surface area contributed by atoms with Gasteiger partial charge in [-0.1, -0.05) is 24.3 Å². The van der Waals surface area contributed by atoms with Crippen LogP contribution in [0.1, 0.15) is 24.5 Å². The van der Waals surface area contributed by atoms with Crippen LogP contribution < -0.4 is 0 Å². The molecule has 0 saturated carbocycles. The number of hydrogen-bond acceptors (Lipinski definition) is 2. The van der Waals surface area contributed by atoms with Crippen molar-refractivity contribution in [3.63, 3.8) is 0 Å². The Bertz CT molecular complexity index is 790. The van der Waals surface area contributed by atoms with E-state index in [1.165, 1.54) is 11.1 Å². The van der Waals surface area contributed by atoms with Crippen molar-refractivity contribution in [2.75, 3.05) is 6.00 Å². The molecule has 0 aliphatic carbocycles. The maximum absolute atomic E-state index is 9.34. The van der Waals surface area contributed by atoms with E-state index in [0.717, 1.165) is 30.3 Å². The molecular formula is C17H16ClN3. The van der Waals surface area contributed by atoms with Gasteiger partial charge in [-0.25, -0.2) is 0 Å². The Kier molecular flexibility index (Phi) is 3.81. The van der Waals surface area contributed by atoms with Gasteiger partial charge < -0.3 is 4.57 Å². The second-order valence-electron chi connectivity index (χ2n) is 5.09. The molecule has 0 radical (unpaired) electrons. The fourth-order valence-electron chi connectivity index (χ4n) is 3.07. The highest BCUT2D eigenvalue weighted by molar-refractivity contribution is 6.24. The molecule has 0 amide bonds. The summed E-state index contributed by atoms with van der Waals surface area (Å²) in [6.07, 6.45) is 6.16. The van der Waals surface area contributed by atoms with Crippen LogP contribution >= 0.6 is 11.6 Å². The molecule has 0 N–H and O–H groups in total. The Balaban J connectivity index is 2.28. The number of aromatic nitrogens is 1. The first kappa shape index (κ1) is 13.9. The molecule has 0 bridgehead atoms. The molecule has 0 unspecified atom stereocenters. The third kappa shape index (κ3) is 2.26. The number of rotatable bonds is 3. The largest absolute Gasteiger partial charge is 0.347 e. The maximum Gasteiger partial charge on any atom is 0.114 e. The molecule has 1 aliphatic rings. The van der Waals surface area contributed by atoms with E-state index in [2.05, 4.69) is 40.0 Å². The average molecular weight is 298 g/mol. The Morgan fingerprint density at radius 2 is 2.38 bits per heavy atom. The number of aliphatic imine (C=N–C) groups is 1. The summed E-state index contributed by atoms with van der Waals surface area (Å²) in [5, 5.41) is 10.5. The number of benzene rings is 1. The lowest BCUT2D eigenvalue weighted by Gasteiger charge is -2.14. The first-order valence-corrected chi connectivity index (χ1v) is 7.62. The number of aryl methyl sites for hydroxylation is 2. The van der Waals surface area contributed by atoms with Crippen LogP contribution in [0, 0.1) is 11.3 Å². The highest BCUT2D eigenvalue weighted by Gasteiger charge is 2.20. The molecule has 106 valence electrons. The molecule has 0 saturated heterocycles. The fourth-order valence-corrected chi connectivity index (χ4v) is 3.19. The van der Waals surface area contributed by atoms with Gasteiger partial charge in [-0.15, -0.1) is 11.6 Å². The topological polar surface area (TPSA) is 41.1 Å². The molecule has 1 aliphatic heterocycles. The zero-order valence-corrected chi connectivity index (χ0v) is 12.7. The molecule has 0 atom stereocenters. The monoisotopic (exact) mass is 297 g/mol. The van der Waals surface area contributed by atoms with E-state index in [9.17, 15) is 5.26 Å². The summed E-state index contributed by atoms with van der Waals surface area (Å²) in [6, 6.07) is 8.74. The molecule has 2 aromatic rings. The molecule has 0 fully saturated rings. The third-order valence-corrected chi connectivity index (χ3v) is 4.08. The summed E-state index contributed by atoms with van der Waals surface area (Å²) >= 11 is 5.81. The van der Waals surface area contributed by atoms with Crippen molar-refractivity contribution in [2.45, 2.75) is 26.3 Å². The van der Waals surface area contributed by atoms with Gasteiger partial charge in [0, 0.05) is 23.7 Å². The zero-order valence-electron chi connectivity index (χ0n) is 11.9. The summed E-state index contributed by atoms with van der Waals surface area (Å²) in [7, 11) is 0. The van der Waals surface area contributed by atoms with Crippen LogP contribution in [0.25, 0.3) is 10.9 Å². The summed E-state index contributed by atoms with van der Waals surface area (Å²) in [5.41, 5.74) is 4.91. The minimum absolute atomic E-state index is 0.153. The normalized spacial score (nSPS) is 15.3. The lowest BCUT2D eigenvalue weighted by molar-refractivity contribution is 0.636.